The van der Waals surface area contributed by atoms with Gasteiger partial charge in [-0.25, -0.2) is 4.98 Å². The molecule has 0 radical (unpaired) electrons. The van der Waals surface area contributed by atoms with Gasteiger partial charge in [-0.15, -0.1) is 0 Å². The maximum atomic E-state index is 12.4. The number of carbonyl (C=O) groups excluding carboxylic acids is 1. The van der Waals surface area contributed by atoms with Gasteiger partial charge in [-0.05, 0) is 44.7 Å². The highest BCUT2D eigenvalue weighted by Crippen LogP contribution is 2.18. The fourth-order valence-corrected chi connectivity index (χ4v) is 2.93. The third kappa shape index (κ3) is 4.93. The summed E-state index contributed by atoms with van der Waals surface area (Å²) in [5.74, 6) is 0.828. The molecule has 2 heterocycles. The largest absolute Gasteiger partial charge is 0.396 e. The molecule has 1 unspecified atom stereocenters. The highest BCUT2D eigenvalue weighted by Gasteiger charge is 2.24. The molecule has 0 aliphatic carbocycles. The van der Waals surface area contributed by atoms with E-state index in [1.54, 1.807) is 6.20 Å². The number of aliphatic hydroxyl groups excluding tert-OH is 1. The fourth-order valence-electron chi connectivity index (χ4n) is 2.93. The van der Waals surface area contributed by atoms with Crippen LogP contribution in [0.4, 0.5) is 5.82 Å². The van der Waals surface area contributed by atoms with Crippen molar-refractivity contribution in [2.24, 2.45) is 0 Å². The zero-order valence-electron chi connectivity index (χ0n) is 14.3. The summed E-state index contributed by atoms with van der Waals surface area (Å²) in [6.45, 7) is 6.12. The number of amides is 1. The summed E-state index contributed by atoms with van der Waals surface area (Å²) in [6, 6.07) is 3.78. The molecule has 1 aliphatic heterocycles. The van der Waals surface area contributed by atoms with Crippen molar-refractivity contribution in [2.75, 3.05) is 24.6 Å². The molecule has 0 bridgehead atoms. The van der Waals surface area contributed by atoms with E-state index in [2.05, 4.69) is 15.2 Å². The van der Waals surface area contributed by atoms with Crippen LogP contribution in [0.1, 0.15) is 62.7 Å². The van der Waals surface area contributed by atoms with Gasteiger partial charge < -0.3 is 15.3 Å². The van der Waals surface area contributed by atoms with Crippen LogP contribution >= 0.6 is 0 Å². The second-order valence-electron chi connectivity index (χ2n) is 6.65. The van der Waals surface area contributed by atoms with Gasteiger partial charge in [-0.1, -0.05) is 19.8 Å². The first-order valence-electron chi connectivity index (χ1n) is 8.72. The molecule has 5 nitrogen and oxygen atoms in total. The lowest BCUT2D eigenvalue weighted by Gasteiger charge is -2.29. The van der Waals surface area contributed by atoms with Gasteiger partial charge in [0.2, 0.25) is 0 Å². The van der Waals surface area contributed by atoms with Gasteiger partial charge in [0, 0.05) is 31.4 Å². The van der Waals surface area contributed by atoms with Gasteiger partial charge in [0.25, 0.3) is 5.91 Å². The first kappa shape index (κ1) is 17.7. The van der Waals surface area contributed by atoms with Crippen molar-refractivity contribution in [1.82, 2.24) is 10.3 Å². The number of nitrogens with one attached hydrogen (secondary N) is 1. The van der Waals surface area contributed by atoms with Crippen molar-refractivity contribution in [3.05, 3.63) is 23.9 Å². The monoisotopic (exact) mass is 319 g/mol. The Hall–Kier alpha value is -1.62. The van der Waals surface area contributed by atoms with Crippen molar-refractivity contribution in [1.29, 1.82) is 0 Å². The second kappa shape index (κ2) is 8.29. The molecule has 0 aromatic carbocycles. The summed E-state index contributed by atoms with van der Waals surface area (Å²) in [7, 11) is 0. The van der Waals surface area contributed by atoms with Crippen molar-refractivity contribution in [2.45, 2.75) is 57.9 Å². The Morgan fingerprint density at radius 3 is 2.52 bits per heavy atom. The molecule has 2 rings (SSSR count). The number of rotatable bonds is 6. The van der Waals surface area contributed by atoms with E-state index in [1.165, 1.54) is 25.7 Å². The Kier molecular flexibility index (Phi) is 6.39. The summed E-state index contributed by atoms with van der Waals surface area (Å²) in [5.41, 5.74) is 0.191. The Morgan fingerprint density at radius 1 is 1.30 bits per heavy atom. The highest BCUT2D eigenvalue weighted by atomic mass is 16.3. The smallest absolute Gasteiger partial charge is 0.253 e. The number of aliphatic hydroxyl groups is 1. The van der Waals surface area contributed by atoms with Crippen LogP contribution in [-0.4, -0.2) is 41.2 Å². The van der Waals surface area contributed by atoms with Gasteiger partial charge >= 0.3 is 0 Å². The average molecular weight is 319 g/mol. The zero-order chi connectivity index (χ0) is 16.7. The lowest BCUT2D eigenvalue weighted by atomic mass is 9.94. The van der Waals surface area contributed by atoms with E-state index >= 15 is 0 Å². The van der Waals surface area contributed by atoms with Crippen LogP contribution in [0.15, 0.2) is 18.3 Å². The molecule has 1 saturated heterocycles. The number of aromatic nitrogens is 1. The van der Waals surface area contributed by atoms with Crippen LogP contribution in [0, 0.1) is 0 Å². The number of hydrogen-bond acceptors (Lipinski definition) is 4. The topological polar surface area (TPSA) is 65.5 Å². The average Bonchev–Trinajstić information content (AvgIpc) is 2.84. The van der Waals surface area contributed by atoms with E-state index in [4.69, 9.17) is 5.11 Å². The molecule has 2 N–H and O–H groups in total. The molecule has 23 heavy (non-hydrogen) atoms. The van der Waals surface area contributed by atoms with E-state index in [1.807, 2.05) is 26.0 Å². The fraction of sp³-hybridized carbons (Fsp3) is 0.667. The third-order valence-corrected chi connectivity index (χ3v) is 4.80. The summed E-state index contributed by atoms with van der Waals surface area (Å²) in [6.07, 6.45) is 7.98. The molecule has 1 aliphatic rings. The minimum atomic E-state index is -0.380. The Labute approximate surface area is 139 Å². The first-order chi connectivity index (χ1) is 11.1. The van der Waals surface area contributed by atoms with E-state index < -0.39 is 0 Å². The van der Waals surface area contributed by atoms with Crippen LogP contribution in [0.2, 0.25) is 0 Å². The molecular weight excluding hydrogens is 290 g/mol. The maximum absolute atomic E-state index is 12.4. The van der Waals surface area contributed by atoms with Crippen molar-refractivity contribution < 1.29 is 9.90 Å². The predicted molar refractivity (Wildman–Crippen MR) is 92.8 cm³/mol. The van der Waals surface area contributed by atoms with Crippen molar-refractivity contribution >= 4 is 11.7 Å². The molecular formula is C18H29N3O2. The Balaban J connectivity index is 2.02. The van der Waals surface area contributed by atoms with Gasteiger partial charge in [-0.3, -0.25) is 4.79 Å². The Bertz CT molecular complexity index is 495. The normalized spacial score (nSPS) is 18.1. The molecule has 1 aromatic heterocycles. The van der Waals surface area contributed by atoms with Gasteiger partial charge in [0.15, 0.2) is 0 Å². The van der Waals surface area contributed by atoms with Crippen LogP contribution in [0.3, 0.4) is 0 Å². The second-order valence-corrected chi connectivity index (χ2v) is 6.65. The molecule has 5 heteroatoms. The molecule has 1 fully saturated rings. The SMILES string of the molecule is CCC(C)(CCO)NC(=O)c1ccc(N2CCCCCC2)nc1. The van der Waals surface area contributed by atoms with E-state index in [0.29, 0.717) is 12.0 Å². The molecule has 1 atom stereocenters. The molecule has 1 aromatic rings. The van der Waals surface area contributed by atoms with Crippen LogP contribution in [0.5, 0.6) is 0 Å². The maximum Gasteiger partial charge on any atom is 0.253 e. The van der Waals surface area contributed by atoms with E-state index in [0.717, 1.165) is 25.3 Å². The van der Waals surface area contributed by atoms with Gasteiger partial charge in [0.05, 0.1) is 5.56 Å². The predicted octanol–water partition coefficient (Wildman–Crippen LogP) is 2.74. The summed E-state index contributed by atoms with van der Waals surface area (Å²) in [5, 5.41) is 12.2. The van der Waals surface area contributed by atoms with Crippen LogP contribution < -0.4 is 10.2 Å². The highest BCUT2D eigenvalue weighted by molar-refractivity contribution is 5.94. The lowest BCUT2D eigenvalue weighted by molar-refractivity contribution is 0.0886. The summed E-state index contributed by atoms with van der Waals surface area (Å²) < 4.78 is 0. The Morgan fingerprint density at radius 2 is 2.00 bits per heavy atom. The first-order valence-corrected chi connectivity index (χ1v) is 8.72. The lowest BCUT2D eigenvalue weighted by Crippen LogP contribution is -2.46. The third-order valence-electron chi connectivity index (χ3n) is 4.80. The van der Waals surface area contributed by atoms with Crippen molar-refractivity contribution in [3.8, 4) is 0 Å². The van der Waals surface area contributed by atoms with Crippen molar-refractivity contribution in [3.63, 3.8) is 0 Å². The number of anilines is 1. The molecule has 0 saturated carbocycles. The number of pyridine rings is 1. The minimum Gasteiger partial charge on any atom is -0.396 e. The number of nitrogens with zero attached hydrogens (tertiary/aromatic N) is 2. The molecule has 1 amide bonds. The van der Waals surface area contributed by atoms with E-state index in [-0.39, 0.29) is 18.1 Å². The zero-order valence-corrected chi connectivity index (χ0v) is 14.3. The van der Waals surface area contributed by atoms with Gasteiger partial charge in [-0.2, -0.15) is 0 Å². The summed E-state index contributed by atoms with van der Waals surface area (Å²) in [4.78, 5) is 19.2. The molecule has 0 spiro atoms. The van der Waals surface area contributed by atoms with Gasteiger partial charge in [0.1, 0.15) is 5.82 Å². The van der Waals surface area contributed by atoms with E-state index in [9.17, 15) is 4.79 Å². The minimum absolute atomic E-state index is 0.0662. The van der Waals surface area contributed by atoms with Crippen LogP contribution in [-0.2, 0) is 0 Å². The number of hydrogen-bond donors (Lipinski definition) is 2. The van der Waals surface area contributed by atoms with Crippen LogP contribution in [0.25, 0.3) is 0 Å². The standard InChI is InChI=1S/C18H29N3O2/c1-3-18(2,10-13-22)20-17(23)15-8-9-16(19-14-15)21-11-6-4-5-7-12-21/h8-9,14,22H,3-7,10-13H2,1-2H3,(H,20,23). The summed E-state index contributed by atoms with van der Waals surface area (Å²) >= 11 is 0. The quantitative estimate of drug-likeness (QED) is 0.846. The number of carbonyl (C=O) groups is 1. The molecule has 128 valence electrons.